The summed E-state index contributed by atoms with van der Waals surface area (Å²) in [5.41, 5.74) is 0. The van der Waals surface area contributed by atoms with Gasteiger partial charge in [-0.1, -0.05) is 36.4 Å². The SMILES string of the molecule is CN1[C@@H](COc2ccccc2)[C@@H](O)[C@H](O)[C@H](COc2ccccc2)N(C)S1(=O)=O. The fraction of sp³-hybridized carbons (Fsp3) is 0.400. The molecular formula is C20H26N2O6S. The quantitative estimate of drug-likeness (QED) is 0.712. The van der Waals surface area contributed by atoms with Gasteiger partial charge in [-0.15, -0.1) is 0 Å². The molecular weight excluding hydrogens is 396 g/mol. The van der Waals surface area contributed by atoms with Gasteiger partial charge in [0.1, 0.15) is 36.9 Å². The van der Waals surface area contributed by atoms with E-state index in [9.17, 15) is 18.6 Å². The van der Waals surface area contributed by atoms with Crippen molar-refractivity contribution < 1.29 is 28.1 Å². The average Bonchev–Trinajstić information content (AvgIpc) is 2.78. The van der Waals surface area contributed by atoms with Gasteiger partial charge in [0.2, 0.25) is 0 Å². The van der Waals surface area contributed by atoms with Crippen molar-refractivity contribution in [2.45, 2.75) is 24.3 Å². The number of likely N-dealkylation sites (N-methyl/N-ethyl adjacent to an activating group) is 2. The molecule has 2 aromatic rings. The van der Waals surface area contributed by atoms with Crippen molar-refractivity contribution >= 4 is 10.2 Å². The Balaban J connectivity index is 1.79. The Labute approximate surface area is 171 Å². The van der Waals surface area contributed by atoms with E-state index in [0.29, 0.717) is 11.5 Å². The third kappa shape index (κ3) is 4.71. The zero-order chi connectivity index (χ0) is 21.0. The predicted molar refractivity (Wildman–Crippen MR) is 108 cm³/mol. The van der Waals surface area contributed by atoms with Gasteiger partial charge in [0.25, 0.3) is 10.2 Å². The van der Waals surface area contributed by atoms with Crippen LogP contribution in [0.1, 0.15) is 0 Å². The highest BCUT2D eigenvalue weighted by Gasteiger charge is 2.48. The van der Waals surface area contributed by atoms with Crippen molar-refractivity contribution in [3.63, 3.8) is 0 Å². The molecule has 1 fully saturated rings. The molecule has 2 N–H and O–H groups in total. The fourth-order valence-electron chi connectivity index (χ4n) is 3.23. The van der Waals surface area contributed by atoms with Crippen molar-refractivity contribution in [1.29, 1.82) is 0 Å². The van der Waals surface area contributed by atoms with Crippen LogP contribution in [0.5, 0.6) is 11.5 Å². The minimum atomic E-state index is -3.96. The maximum Gasteiger partial charge on any atom is 0.282 e. The number of para-hydroxylation sites is 2. The normalized spacial score (nSPS) is 27.9. The van der Waals surface area contributed by atoms with E-state index >= 15 is 0 Å². The number of rotatable bonds is 6. The standard InChI is InChI=1S/C20H26N2O6S/c1-21-17(13-27-15-9-5-3-6-10-15)19(23)20(24)18(22(2)29(21,25)26)14-28-16-11-7-4-8-12-16/h3-12,17-20,23-24H,13-14H2,1-2H3/t17-,18-,19+,20+/m0/s1. The van der Waals surface area contributed by atoms with Gasteiger partial charge in [-0.25, -0.2) is 0 Å². The third-order valence-electron chi connectivity index (χ3n) is 5.13. The van der Waals surface area contributed by atoms with Crippen molar-refractivity contribution in [3.05, 3.63) is 60.7 Å². The molecule has 3 rings (SSSR count). The lowest BCUT2D eigenvalue weighted by Gasteiger charge is -2.29. The van der Waals surface area contributed by atoms with Gasteiger partial charge in [-0.2, -0.15) is 17.0 Å². The van der Waals surface area contributed by atoms with E-state index < -0.39 is 34.5 Å². The zero-order valence-electron chi connectivity index (χ0n) is 16.3. The molecule has 0 saturated carbocycles. The first kappa shape index (κ1) is 21.5. The van der Waals surface area contributed by atoms with E-state index in [2.05, 4.69) is 0 Å². The van der Waals surface area contributed by atoms with E-state index in [1.165, 1.54) is 14.1 Å². The van der Waals surface area contributed by atoms with Crippen LogP contribution >= 0.6 is 0 Å². The minimum absolute atomic E-state index is 0.113. The largest absolute Gasteiger partial charge is 0.492 e. The zero-order valence-corrected chi connectivity index (χ0v) is 17.1. The summed E-state index contributed by atoms with van der Waals surface area (Å²) in [4.78, 5) is 0. The van der Waals surface area contributed by atoms with Crippen molar-refractivity contribution in [3.8, 4) is 11.5 Å². The molecule has 2 aromatic carbocycles. The number of benzene rings is 2. The summed E-state index contributed by atoms with van der Waals surface area (Å²) in [6.07, 6.45) is -2.74. The maximum absolute atomic E-state index is 13.0. The van der Waals surface area contributed by atoms with Crippen LogP contribution in [0.4, 0.5) is 0 Å². The van der Waals surface area contributed by atoms with E-state index in [0.717, 1.165) is 8.61 Å². The number of ether oxygens (including phenoxy) is 2. The summed E-state index contributed by atoms with van der Waals surface area (Å²) in [5.74, 6) is 1.09. The van der Waals surface area contributed by atoms with Gasteiger partial charge in [0.05, 0.1) is 12.1 Å². The van der Waals surface area contributed by atoms with Crippen LogP contribution in [-0.2, 0) is 10.2 Å². The number of aliphatic hydroxyl groups excluding tert-OH is 2. The molecule has 4 atom stereocenters. The van der Waals surface area contributed by atoms with Crippen LogP contribution in [0, 0.1) is 0 Å². The van der Waals surface area contributed by atoms with Crippen LogP contribution < -0.4 is 9.47 Å². The summed E-state index contributed by atoms with van der Waals surface area (Å²) < 4.78 is 39.4. The maximum atomic E-state index is 13.0. The van der Waals surface area contributed by atoms with Gasteiger partial charge < -0.3 is 19.7 Å². The van der Waals surface area contributed by atoms with Crippen molar-refractivity contribution in [1.82, 2.24) is 8.61 Å². The molecule has 0 amide bonds. The van der Waals surface area contributed by atoms with Gasteiger partial charge >= 0.3 is 0 Å². The summed E-state index contributed by atoms with van der Waals surface area (Å²) >= 11 is 0. The number of hydrogen-bond donors (Lipinski definition) is 2. The van der Waals surface area contributed by atoms with Crippen LogP contribution in [0.2, 0.25) is 0 Å². The Kier molecular flexibility index (Phi) is 6.76. The minimum Gasteiger partial charge on any atom is -0.492 e. The Morgan fingerprint density at radius 2 is 1.10 bits per heavy atom. The molecule has 0 unspecified atom stereocenters. The number of hydrogen-bond acceptors (Lipinski definition) is 6. The molecule has 158 valence electrons. The second kappa shape index (κ2) is 9.10. The highest BCUT2D eigenvalue weighted by molar-refractivity contribution is 7.86. The van der Waals surface area contributed by atoms with Crippen molar-refractivity contribution in [2.24, 2.45) is 0 Å². The van der Waals surface area contributed by atoms with Gasteiger partial charge in [0, 0.05) is 14.1 Å². The molecule has 1 heterocycles. The molecule has 0 bridgehead atoms. The Morgan fingerprint density at radius 3 is 1.45 bits per heavy atom. The molecule has 9 heteroatoms. The molecule has 8 nitrogen and oxygen atoms in total. The Hall–Kier alpha value is -2.17. The van der Waals surface area contributed by atoms with Crippen LogP contribution in [-0.4, -0.2) is 78.8 Å². The summed E-state index contributed by atoms with van der Waals surface area (Å²) in [5, 5.41) is 21.5. The Morgan fingerprint density at radius 1 is 0.759 bits per heavy atom. The van der Waals surface area contributed by atoms with E-state index in [1.54, 1.807) is 48.5 Å². The predicted octanol–water partition coefficient (Wildman–Crippen LogP) is 0.725. The topological polar surface area (TPSA) is 99.5 Å². The van der Waals surface area contributed by atoms with Gasteiger partial charge in [-0.3, -0.25) is 0 Å². The van der Waals surface area contributed by atoms with Crippen LogP contribution in [0.25, 0.3) is 0 Å². The molecule has 0 aromatic heterocycles. The fourth-order valence-corrected chi connectivity index (χ4v) is 4.70. The Bertz CT molecular complexity index is 813. The number of nitrogens with zero attached hydrogens (tertiary/aromatic N) is 2. The summed E-state index contributed by atoms with van der Waals surface area (Å²) in [7, 11) is -1.24. The lowest BCUT2D eigenvalue weighted by molar-refractivity contribution is -0.0511. The second-order valence-corrected chi connectivity index (χ2v) is 8.95. The summed E-state index contributed by atoms with van der Waals surface area (Å²) in [6.45, 7) is -0.226. The van der Waals surface area contributed by atoms with Gasteiger partial charge in [0.15, 0.2) is 0 Å². The van der Waals surface area contributed by atoms with E-state index in [-0.39, 0.29) is 13.2 Å². The lowest BCUT2D eigenvalue weighted by Crippen LogP contribution is -2.51. The molecule has 29 heavy (non-hydrogen) atoms. The highest BCUT2D eigenvalue weighted by atomic mass is 32.2. The first-order chi connectivity index (χ1) is 13.8. The third-order valence-corrected chi connectivity index (χ3v) is 7.13. The molecule has 0 radical (unpaired) electrons. The van der Waals surface area contributed by atoms with E-state index in [4.69, 9.17) is 9.47 Å². The molecule has 0 spiro atoms. The van der Waals surface area contributed by atoms with Crippen LogP contribution in [0.15, 0.2) is 60.7 Å². The summed E-state index contributed by atoms with van der Waals surface area (Å²) in [6, 6.07) is 15.8. The molecule has 1 aliphatic rings. The van der Waals surface area contributed by atoms with E-state index in [1.807, 2.05) is 12.1 Å². The lowest BCUT2D eigenvalue weighted by atomic mass is 10.00. The molecule has 0 aliphatic carbocycles. The number of aliphatic hydroxyl groups is 2. The highest BCUT2D eigenvalue weighted by Crippen LogP contribution is 2.26. The average molecular weight is 423 g/mol. The first-order valence-corrected chi connectivity index (χ1v) is 10.6. The monoisotopic (exact) mass is 422 g/mol. The second-order valence-electron chi connectivity index (χ2n) is 6.90. The van der Waals surface area contributed by atoms with Gasteiger partial charge in [-0.05, 0) is 24.3 Å². The molecule has 1 aliphatic heterocycles. The first-order valence-electron chi connectivity index (χ1n) is 9.25. The van der Waals surface area contributed by atoms with Crippen LogP contribution in [0.3, 0.4) is 0 Å². The molecule has 1 saturated heterocycles. The smallest absolute Gasteiger partial charge is 0.282 e. The van der Waals surface area contributed by atoms with Crippen molar-refractivity contribution in [2.75, 3.05) is 27.3 Å².